The van der Waals surface area contributed by atoms with Crippen LogP contribution in [0.3, 0.4) is 0 Å². The van der Waals surface area contributed by atoms with Gasteiger partial charge in [-0.2, -0.15) is 9.97 Å². The standard InChI is InChI=1S/C12H13ClN6OS/c1-2-8-16-10(13)18-11(17-8)19-12-14-5-7(21-12)9(20)15-6-3-4-6/h5-6H,2-4H2,1H3,(H,15,20)(H,14,16,17,18,19). The van der Waals surface area contributed by atoms with E-state index in [1.165, 1.54) is 17.5 Å². The van der Waals surface area contributed by atoms with Crippen LogP contribution in [0.15, 0.2) is 6.20 Å². The number of anilines is 2. The van der Waals surface area contributed by atoms with Crippen LogP contribution in [-0.2, 0) is 6.42 Å². The second-order valence-electron chi connectivity index (χ2n) is 4.60. The highest BCUT2D eigenvalue weighted by Gasteiger charge is 2.24. The molecule has 9 heteroatoms. The van der Waals surface area contributed by atoms with Crippen molar-refractivity contribution in [1.82, 2.24) is 25.3 Å². The molecule has 2 aromatic rings. The van der Waals surface area contributed by atoms with Crippen LogP contribution in [0.5, 0.6) is 0 Å². The van der Waals surface area contributed by atoms with E-state index in [9.17, 15) is 4.79 Å². The third-order valence-electron chi connectivity index (χ3n) is 2.83. The number of hydrogen-bond acceptors (Lipinski definition) is 7. The van der Waals surface area contributed by atoms with Gasteiger partial charge in [0, 0.05) is 12.5 Å². The average Bonchev–Trinajstić information content (AvgIpc) is 3.14. The van der Waals surface area contributed by atoms with Crippen LogP contribution in [-0.4, -0.2) is 31.9 Å². The Kier molecular flexibility index (Phi) is 3.98. The van der Waals surface area contributed by atoms with Crippen LogP contribution >= 0.6 is 22.9 Å². The first-order valence-corrected chi connectivity index (χ1v) is 7.77. The molecule has 0 aromatic carbocycles. The lowest BCUT2D eigenvalue weighted by atomic mass is 10.5. The van der Waals surface area contributed by atoms with Crippen molar-refractivity contribution in [3.8, 4) is 0 Å². The van der Waals surface area contributed by atoms with Crippen LogP contribution in [0.2, 0.25) is 5.28 Å². The van der Waals surface area contributed by atoms with Crippen LogP contribution < -0.4 is 10.6 Å². The van der Waals surface area contributed by atoms with Crippen LogP contribution in [0.4, 0.5) is 11.1 Å². The Hall–Kier alpha value is -1.80. The van der Waals surface area contributed by atoms with Gasteiger partial charge in [-0.05, 0) is 24.4 Å². The summed E-state index contributed by atoms with van der Waals surface area (Å²) in [5.74, 6) is 0.835. The number of aryl methyl sites for hydroxylation is 1. The molecule has 110 valence electrons. The Labute approximate surface area is 130 Å². The molecule has 0 aliphatic heterocycles. The quantitative estimate of drug-likeness (QED) is 0.875. The van der Waals surface area contributed by atoms with Crippen LogP contribution in [0, 0.1) is 0 Å². The summed E-state index contributed by atoms with van der Waals surface area (Å²) in [7, 11) is 0. The molecule has 0 spiro atoms. The zero-order valence-electron chi connectivity index (χ0n) is 11.3. The fourth-order valence-electron chi connectivity index (χ4n) is 1.62. The third-order valence-corrected chi connectivity index (χ3v) is 3.91. The molecule has 0 saturated heterocycles. The van der Waals surface area contributed by atoms with Crippen molar-refractivity contribution in [2.75, 3.05) is 5.32 Å². The highest BCUT2D eigenvalue weighted by atomic mass is 35.5. The number of nitrogens with zero attached hydrogens (tertiary/aromatic N) is 4. The lowest BCUT2D eigenvalue weighted by Gasteiger charge is -2.02. The Morgan fingerprint density at radius 1 is 1.43 bits per heavy atom. The minimum atomic E-state index is -0.0917. The third kappa shape index (κ3) is 3.64. The Morgan fingerprint density at radius 2 is 2.24 bits per heavy atom. The van der Waals surface area contributed by atoms with E-state index in [1.54, 1.807) is 0 Å². The summed E-state index contributed by atoms with van der Waals surface area (Å²) in [6.45, 7) is 1.93. The van der Waals surface area contributed by atoms with Gasteiger partial charge in [0.15, 0.2) is 5.13 Å². The van der Waals surface area contributed by atoms with Gasteiger partial charge in [-0.15, -0.1) is 0 Å². The number of thiazole rings is 1. The van der Waals surface area contributed by atoms with Crippen LogP contribution in [0.25, 0.3) is 0 Å². The predicted molar refractivity (Wildman–Crippen MR) is 80.1 cm³/mol. The molecule has 3 rings (SSSR count). The van der Waals surface area contributed by atoms with Crippen LogP contribution in [0.1, 0.15) is 35.3 Å². The molecule has 0 unspecified atom stereocenters. The number of halogens is 1. The van der Waals surface area contributed by atoms with Gasteiger partial charge in [0.1, 0.15) is 10.7 Å². The molecule has 2 heterocycles. The van der Waals surface area contributed by atoms with E-state index >= 15 is 0 Å². The van der Waals surface area contributed by atoms with E-state index < -0.39 is 0 Å². The van der Waals surface area contributed by atoms with Crippen molar-refractivity contribution in [2.24, 2.45) is 0 Å². The van der Waals surface area contributed by atoms with E-state index in [2.05, 4.69) is 30.6 Å². The number of rotatable bonds is 5. The van der Waals surface area contributed by atoms with Crippen molar-refractivity contribution in [2.45, 2.75) is 32.2 Å². The van der Waals surface area contributed by atoms with Gasteiger partial charge in [0.05, 0.1) is 6.20 Å². The second kappa shape index (κ2) is 5.90. The number of hydrogen-bond donors (Lipinski definition) is 2. The monoisotopic (exact) mass is 324 g/mol. The molecule has 1 aliphatic carbocycles. The van der Waals surface area contributed by atoms with Crippen molar-refractivity contribution in [3.63, 3.8) is 0 Å². The Balaban J connectivity index is 1.71. The van der Waals surface area contributed by atoms with E-state index in [0.29, 0.717) is 34.2 Å². The molecular weight excluding hydrogens is 312 g/mol. The molecular formula is C12H13ClN6OS. The SMILES string of the molecule is CCc1nc(Cl)nc(Nc2ncc(C(=O)NC3CC3)s2)n1. The topological polar surface area (TPSA) is 92.7 Å². The summed E-state index contributed by atoms with van der Waals surface area (Å²) in [4.78, 5) is 28.8. The number of aromatic nitrogens is 4. The lowest BCUT2D eigenvalue weighted by molar-refractivity contribution is 0.0955. The largest absolute Gasteiger partial charge is 0.349 e. The maximum Gasteiger partial charge on any atom is 0.263 e. The van der Waals surface area contributed by atoms with Crippen molar-refractivity contribution in [1.29, 1.82) is 0 Å². The summed E-state index contributed by atoms with van der Waals surface area (Å²) in [5, 5.41) is 6.53. The summed E-state index contributed by atoms with van der Waals surface area (Å²) >= 11 is 7.08. The predicted octanol–water partition coefficient (Wildman–Crippen LogP) is 2.18. The van der Waals surface area contributed by atoms with Gasteiger partial charge in [0.25, 0.3) is 5.91 Å². The van der Waals surface area contributed by atoms with Gasteiger partial charge in [-0.25, -0.2) is 9.97 Å². The van der Waals surface area contributed by atoms with E-state index in [1.807, 2.05) is 6.92 Å². The molecule has 21 heavy (non-hydrogen) atoms. The first-order chi connectivity index (χ1) is 10.1. The maximum atomic E-state index is 11.9. The summed E-state index contributed by atoms with van der Waals surface area (Å²) in [6.07, 6.45) is 4.30. The number of carbonyl (C=O) groups excluding carboxylic acids is 1. The Bertz CT molecular complexity index is 672. The molecule has 1 saturated carbocycles. The molecule has 2 N–H and O–H groups in total. The molecule has 0 radical (unpaired) electrons. The molecule has 1 amide bonds. The maximum absolute atomic E-state index is 11.9. The first-order valence-electron chi connectivity index (χ1n) is 6.58. The lowest BCUT2D eigenvalue weighted by Crippen LogP contribution is -2.24. The fraction of sp³-hybridized carbons (Fsp3) is 0.417. The summed E-state index contributed by atoms with van der Waals surface area (Å²) in [6, 6.07) is 0.324. The van der Waals surface area contributed by atoms with Crippen molar-refractivity contribution < 1.29 is 4.79 Å². The second-order valence-corrected chi connectivity index (χ2v) is 5.97. The molecule has 7 nitrogen and oxygen atoms in total. The zero-order valence-corrected chi connectivity index (χ0v) is 12.8. The molecule has 1 fully saturated rings. The fourth-order valence-corrected chi connectivity index (χ4v) is 2.51. The van der Waals surface area contributed by atoms with E-state index in [-0.39, 0.29) is 11.2 Å². The Morgan fingerprint density at radius 3 is 2.95 bits per heavy atom. The number of nitrogens with one attached hydrogen (secondary N) is 2. The number of carbonyl (C=O) groups is 1. The number of amides is 1. The smallest absolute Gasteiger partial charge is 0.263 e. The zero-order chi connectivity index (χ0) is 14.8. The summed E-state index contributed by atoms with van der Waals surface area (Å²) in [5.41, 5.74) is 0. The van der Waals surface area contributed by atoms with Crippen molar-refractivity contribution in [3.05, 3.63) is 22.2 Å². The normalized spacial score (nSPS) is 14.0. The van der Waals surface area contributed by atoms with Gasteiger partial charge in [0.2, 0.25) is 11.2 Å². The van der Waals surface area contributed by atoms with E-state index in [0.717, 1.165) is 12.8 Å². The van der Waals surface area contributed by atoms with E-state index in [4.69, 9.17) is 11.6 Å². The molecule has 0 bridgehead atoms. The molecule has 0 atom stereocenters. The van der Waals surface area contributed by atoms with Gasteiger partial charge in [-0.3, -0.25) is 10.1 Å². The first kappa shape index (κ1) is 14.2. The van der Waals surface area contributed by atoms with Crippen molar-refractivity contribution >= 4 is 39.9 Å². The highest BCUT2D eigenvalue weighted by Crippen LogP contribution is 2.24. The minimum Gasteiger partial charge on any atom is -0.349 e. The molecule has 2 aromatic heterocycles. The highest BCUT2D eigenvalue weighted by molar-refractivity contribution is 7.17. The van der Waals surface area contributed by atoms with Gasteiger partial charge >= 0.3 is 0 Å². The van der Waals surface area contributed by atoms with Gasteiger partial charge < -0.3 is 5.32 Å². The summed E-state index contributed by atoms with van der Waals surface area (Å²) < 4.78 is 0. The van der Waals surface area contributed by atoms with Gasteiger partial charge in [-0.1, -0.05) is 18.3 Å². The minimum absolute atomic E-state index is 0.0917. The average molecular weight is 325 g/mol. The molecule has 1 aliphatic rings.